The fourth-order valence-corrected chi connectivity index (χ4v) is 2.17. The highest BCUT2D eigenvalue weighted by molar-refractivity contribution is 5.37. The van der Waals surface area contributed by atoms with Gasteiger partial charge in [-0.15, -0.1) is 0 Å². The average Bonchev–Trinajstić information content (AvgIpc) is 2.39. The predicted octanol–water partition coefficient (Wildman–Crippen LogP) is 3.15. The molecule has 0 spiro atoms. The van der Waals surface area contributed by atoms with Crippen LogP contribution < -0.4 is 10.5 Å². The van der Waals surface area contributed by atoms with Gasteiger partial charge in [0.25, 0.3) is 0 Å². The quantitative estimate of drug-likeness (QED) is 0.914. The standard InChI is InChI=1S/C16H20N2O/c1-4-19-14-7-5-6-13(9-14)15(17)16-12(3)8-11(2)10-18-16/h5-10,15H,4,17H2,1-3H3. The summed E-state index contributed by atoms with van der Waals surface area (Å²) in [5.41, 5.74) is 10.5. The van der Waals surface area contributed by atoms with Gasteiger partial charge in [-0.05, 0) is 49.6 Å². The Labute approximate surface area is 114 Å². The summed E-state index contributed by atoms with van der Waals surface area (Å²) in [5.74, 6) is 0.847. The Kier molecular flexibility index (Phi) is 4.17. The van der Waals surface area contributed by atoms with Crippen molar-refractivity contribution >= 4 is 0 Å². The SMILES string of the molecule is CCOc1cccc(C(N)c2ncc(C)cc2C)c1. The van der Waals surface area contributed by atoms with E-state index in [-0.39, 0.29) is 6.04 Å². The molecule has 0 aliphatic carbocycles. The van der Waals surface area contributed by atoms with Gasteiger partial charge in [-0.1, -0.05) is 18.2 Å². The molecule has 0 radical (unpaired) electrons. The number of ether oxygens (including phenoxy) is 1. The summed E-state index contributed by atoms with van der Waals surface area (Å²) < 4.78 is 5.51. The van der Waals surface area contributed by atoms with Crippen LogP contribution in [0.5, 0.6) is 5.75 Å². The summed E-state index contributed by atoms with van der Waals surface area (Å²) in [5, 5.41) is 0. The summed E-state index contributed by atoms with van der Waals surface area (Å²) in [6.45, 7) is 6.70. The lowest BCUT2D eigenvalue weighted by atomic mass is 10.00. The molecule has 2 N–H and O–H groups in total. The third-order valence-corrected chi connectivity index (χ3v) is 3.08. The van der Waals surface area contributed by atoms with E-state index in [1.807, 2.05) is 51.2 Å². The normalized spacial score (nSPS) is 12.2. The molecular formula is C16H20N2O. The first-order chi connectivity index (χ1) is 9.11. The zero-order valence-electron chi connectivity index (χ0n) is 11.7. The van der Waals surface area contributed by atoms with Crippen molar-refractivity contribution in [3.05, 3.63) is 58.9 Å². The average molecular weight is 256 g/mol. The van der Waals surface area contributed by atoms with Crippen molar-refractivity contribution in [1.29, 1.82) is 0 Å². The highest BCUT2D eigenvalue weighted by Crippen LogP contribution is 2.24. The number of nitrogens with zero attached hydrogens (tertiary/aromatic N) is 1. The Morgan fingerprint density at radius 2 is 2.05 bits per heavy atom. The molecule has 100 valence electrons. The van der Waals surface area contributed by atoms with Crippen LogP contribution in [-0.4, -0.2) is 11.6 Å². The van der Waals surface area contributed by atoms with E-state index in [1.165, 1.54) is 0 Å². The molecule has 0 fully saturated rings. The molecular weight excluding hydrogens is 236 g/mol. The lowest BCUT2D eigenvalue weighted by molar-refractivity contribution is 0.340. The first-order valence-corrected chi connectivity index (χ1v) is 6.53. The minimum absolute atomic E-state index is 0.221. The number of rotatable bonds is 4. The Hall–Kier alpha value is -1.87. The van der Waals surface area contributed by atoms with Crippen LogP contribution in [0.15, 0.2) is 36.5 Å². The Balaban J connectivity index is 2.32. The fraction of sp³-hybridized carbons (Fsp3) is 0.312. The molecule has 1 aromatic heterocycles. The summed E-state index contributed by atoms with van der Waals surface area (Å²) in [6, 6.07) is 9.78. The summed E-state index contributed by atoms with van der Waals surface area (Å²) >= 11 is 0. The van der Waals surface area contributed by atoms with Crippen molar-refractivity contribution in [3.8, 4) is 5.75 Å². The van der Waals surface area contributed by atoms with Crippen LogP contribution in [-0.2, 0) is 0 Å². The lowest BCUT2D eigenvalue weighted by Gasteiger charge is -2.15. The molecule has 1 heterocycles. The predicted molar refractivity (Wildman–Crippen MR) is 77.4 cm³/mol. The minimum Gasteiger partial charge on any atom is -0.494 e. The molecule has 0 bridgehead atoms. The second-order valence-electron chi connectivity index (χ2n) is 4.70. The molecule has 1 aromatic carbocycles. The van der Waals surface area contributed by atoms with Gasteiger partial charge in [0, 0.05) is 6.20 Å². The summed E-state index contributed by atoms with van der Waals surface area (Å²) in [4.78, 5) is 4.46. The molecule has 0 aliphatic rings. The van der Waals surface area contributed by atoms with Crippen LogP contribution in [0.2, 0.25) is 0 Å². The maximum atomic E-state index is 6.31. The van der Waals surface area contributed by atoms with Gasteiger partial charge in [0.15, 0.2) is 0 Å². The summed E-state index contributed by atoms with van der Waals surface area (Å²) in [6.07, 6.45) is 1.86. The zero-order chi connectivity index (χ0) is 13.8. The third-order valence-electron chi connectivity index (χ3n) is 3.08. The van der Waals surface area contributed by atoms with Gasteiger partial charge in [-0.2, -0.15) is 0 Å². The van der Waals surface area contributed by atoms with E-state index in [4.69, 9.17) is 10.5 Å². The minimum atomic E-state index is -0.221. The van der Waals surface area contributed by atoms with Crippen LogP contribution in [0.1, 0.15) is 35.3 Å². The smallest absolute Gasteiger partial charge is 0.119 e. The molecule has 19 heavy (non-hydrogen) atoms. The molecule has 1 unspecified atom stereocenters. The Morgan fingerprint density at radius 3 is 2.74 bits per heavy atom. The van der Waals surface area contributed by atoms with Gasteiger partial charge in [0.05, 0.1) is 18.3 Å². The molecule has 2 rings (SSSR count). The zero-order valence-corrected chi connectivity index (χ0v) is 11.7. The second-order valence-corrected chi connectivity index (χ2v) is 4.70. The third kappa shape index (κ3) is 3.12. The highest BCUT2D eigenvalue weighted by atomic mass is 16.5. The van der Waals surface area contributed by atoms with Gasteiger partial charge >= 0.3 is 0 Å². The molecule has 2 aromatic rings. The molecule has 3 nitrogen and oxygen atoms in total. The topological polar surface area (TPSA) is 48.1 Å². The van der Waals surface area contributed by atoms with Crippen molar-refractivity contribution < 1.29 is 4.74 Å². The van der Waals surface area contributed by atoms with E-state index < -0.39 is 0 Å². The monoisotopic (exact) mass is 256 g/mol. The number of benzene rings is 1. The van der Waals surface area contributed by atoms with Crippen LogP contribution in [0.3, 0.4) is 0 Å². The van der Waals surface area contributed by atoms with E-state index in [0.717, 1.165) is 28.1 Å². The number of nitrogens with two attached hydrogens (primary N) is 1. The molecule has 3 heteroatoms. The van der Waals surface area contributed by atoms with Crippen LogP contribution in [0, 0.1) is 13.8 Å². The van der Waals surface area contributed by atoms with Gasteiger partial charge in [-0.25, -0.2) is 0 Å². The van der Waals surface area contributed by atoms with Crippen molar-refractivity contribution in [3.63, 3.8) is 0 Å². The second kappa shape index (κ2) is 5.85. The number of pyridine rings is 1. The first-order valence-electron chi connectivity index (χ1n) is 6.53. The highest BCUT2D eigenvalue weighted by Gasteiger charge is 2.13. The maximum Gasteiger partial charge on any atom is 0.119 e. The Morgan fingerprint density at radius 1 is 1.26 bits per heavy atom. The van der Waals surface area contributed by atoms with Crippen LogP contribution in [0.25, 0.3) is 0 Å². The van der Waals surface area contributed by atoms with E-state index in [1.54, 1.807) is 0 Å². The largest absolute Gasteiger partial charge is 0.494 e. The number of hydrogen-bond donors (Lipinski definition) is 1. The van der Waals surface area contributed by atoms with Gasteiger partial charge < -0.3 is 10.5 Å². The number of aromatic nitrogens is 1. The van der Waals surface area contributed by atoms with E-state index in [2.05, 4.69) is 11.1 Å². The number of aryl methyl sites for hydroxylation is 2. The molecule has 0 aliphatic heterocycles. The Bertz CT molecular complexity index is 566. The number of hydrogen-bond acceptors (Lipinski definition) is 3. The molecule has 1 atom stereocenters. The van der Waals surface area contributed by atoms with Crippen molar-refractivity contribution in [2.75, 3.05) is 6.61 Å². The van der Waals surface area contributed by atoms with E-state index in [0.29, 0.717) is 6.61 Å². The molecule has 0 saturated heterocycles. The van der Waals surface area contributed by atoms with Gasteiger partial charge in [0.1, 0.15) is 5.75 Å². The lowest BCUT2D eigenvalue weighted by Crippen LogP contribution is -2.15. The molecule has 0 saturated carbocycles. The van der Waals surface area contributed by atoms with Crippen molar-refractivity contribution in [2.24, 2.45) is 5.73 Å². The van der Waals surface area contributed by atoms with E-state index >= 15 is 0 Å². The van der Waals surface area contributed by atoms with Gasteiger partial charge in [0.2, 0.25) is 0 Å². The van der Waals surface area contributed by atoms with Crippen LogP contribution in [0.4, 0.5) is 0 Å². The van der Waals surface area contributed by atoms with Gasteiger partial charge in [-0.3, -0.25) is 4.98 Å². The van der Waals surface area contributed by atoms with Crippen molar-refractivity contribution in [1.82, 2.24) is 4.98 Å². The summed E-state index contributed by atoms with van der Waals surface area (Å²) in [7, 11) is 0. The first kappa shape index (κ1) is 13.6. The van der Waals surface area contributed by atoms with Crippen molar-refractivity contribution in [2.45, 2.75) is 26.8 Å². The fourth-order valence-electron chi connectivity index (χ4n) is 2.17. The van der Waals surface area contributed by atoms with Crippen LogP contribution >= 0.6 is 0 Å². The molecule has 0 amide bonds. The van der Waals surface area contributed by atoms with E-state index in [9.17, 15) is 0 Å². The maximum absolute atomic E-state index is 6.31.